The summed E-state index contributed by atoms with van der Waals surface area (Å²) in [6.45, 7) is 0. The van der Waals surface area contributed by atoms with Crippen LogP contribution >= 0.6 is 0 Å². The number of carbonyl (C=O) groups is 1. The summed E-state index contributed by atoms with van der Waals surface area (Å²) < 4.78 is 23.5. The molecule has 5 nitrogen and oxygen atoms in total. The highest BCUT2D eigenvalue weighted by molar-refractivity contribution is 5.91. The lowest BCUT2D eigenvalue weighted by atomic mass is 10.1. The molecule has 0 aliphatic carbocycles. The lowest BCUT2D eigenvalue weighted by Crippen LogP contribution is -2.08. The van der Waals surface area contributed by atoms with Crippen molar-refractivity contribution < 1.29 is 18.7 Å². The van der Waals surface area contributed by atoms with Crippen LogP contribution in [0.1, 0.15) is 10.4 Å². The van der Waals surface area contributed by atoms with E-state index in [0.717, 1.165) is 11.1 Å². The van der Waals surface area contributed by atoms with Gasteiger partial charge >= 0.3 is 5.97 Å². The summed E-state index contributed by atoms with van der Waals surface area (Å²) >= 11 is 0. The smallest absolute Gasteiger partial charge is 0.343 e. The molecule has 0 fully saturated rings. The first-order valence-electron chi connectivity index (χ1n) is 9.85. The van der Waals surface area contributed by atoms with Crippen molar-refractivity contribution >= 4 is 17.3 Å². The highest BCUT2D eigenvalue weighted by atomic mass is 19.1. The zero-order valence-electron chi connectivity index (χ0n) is 17.2. The Bertz CT molecular complexity index is 1220. The maximum atomic E-state index is 12.9. The molecule has 0 unspecified atom stereocenters. The van der Waals surface area contributed by atoms with Crippen molar-refractivity contribution in [3.63, 3.8) is 0 Å². The van der Waals surface area contributed by atoms with Crippen molar-refractivity contribution in [1.29, 1.82) is 0 Å². The van der Waals surface area contributed by atoms with Crippen LogP contribution in [0.4, 0.5) is 15.8 Å². The predicted molar refractivity (Wildman–Crippen MR) is 120 cm³/mol. The number of carbonyl (C=O) groups excluding carboxylic acids is 1. The van der Waals surface area contributed by atoms with Crippen LogP contribution in [0.5, 0.6) is 11.5 Å². The largest absolute Gasteiger partial charge is 0.497 e. The van der Waals surface area contributed by atoms with E-state index in [2.05, 4.69) is 10.2 Å². The second kappa shape index (κ2) is 9.66. The zero-order chi connectivity index (χ0) is 22.3. The third-order valence-corrected chi connectivity index (χ3v) is 4.70. The fraction of sp³-hybridized carbons (Fsp3) is 0.0385. The van der Waals surface area contributed by atoms with Crippen LogP contribution < -0.4 is 9.47 Å². The second-order valence-corrected chi connectivity index (χ2v) is 6.87. The van der Waals surface area contributed by atoms with Crippen molar-refractivity contribution in [2.45, 2.75) is 0 Å². The zero-order valence-corrected chi connectivity index (χ0v) is 17.2. The van der Waals surface area contributed by atoms with E-state index >= 15 is 0 Å². The molecule has 0 N–H and O–H groups in total. The average molecular weight is 426 g/mol. The normalized spacial score (nSPS) is 10.8. The molecule has 0 aliphatic rings. The summed E-state index contributed by atoms with van der Waals surface area (Å²) in [7, 11) is 1.57. The number of halogens is 1. The molecule has 0 saturated carbocycles. The highest BCUT2D eigenvalue weighted by Gasteiger charge is 2.09. The van der Waals surface area contributed by atoms with Crippen molar-refractivity contribution in [2.24, 2.45) is 10.2 Å². The predicted octanol–water partition coefficient (Wildman–Crippen LogP) is 7.14. The van der Waals surface area contributed by atoms with Gasteiger partial charge in [-0.2, -0.15) is 10.2 Å². The van der Waals surface area contributed by atoms with E-state index in [1.54, 1.807) is 55.6 Å². The summed E-state index contributed by atoms with van der Waals surface area (Å²) in [5.74, 6) is 0.388. The SMILES string of the molecule is COc1ccc(C(=O)Oc2ccc(-c3ccc(N=Nc4ccc(F)cc4)cc3)cc2)cc1. The Kier molecular flexibility index (Phi) is 6.32. The summed E-state index contributed by atoms with van der Waals surface area (Å²) in [6.07, 6.45) is 0. The van der Waals surface area contributed by atoms with Crippen LogP contribution in [0, 0.1) is 5.82 Å². The standard InChI is InChI=1S/C26H19FN2O3/c1-31-24-14-6-20(7-15-24)26(30)32-25-16-4-19(5-17-25)18-2-10-22(11-3-18)28-29-23-12-8-21(27)9-13-23/h2-17H,1H3. The van der Waals surface area contributed by atoms with Gasteiger partial charge in [0.05, 0.1) is 24.0 Å². The molecular formula is C26H19FN2O3. The van der Waals surface area contributed by atoms with Crippen LogP contribution in [-0.4, -0.2) is 13.1 Å². The third-order valence-electron chi connectivity index (χ3n) is 4.70. The number of nitrogens with zero attached hydrogens (tertiary/aromatic N) is 2. The monoisotopic (exact) mass is 426 g/mol. The van der Waals surface area contributed by atoms with Crippen molar-refractivity contribution in [1.82, 2.24) is 0 Å². The summed E-state index contributed by atoms with van der Waals surface area (Å²) in [4.78, 5) is 12.3. The molecule has 0 aromatic heterocycles. The van der Waals surface area contributed by atoms with E-state index in [9.17, 15) is 9.18 Å². The van der Waals surface area contributed by atoms with Gasteiger partial charge in [0.2, 0.25) is 0 Å². The first-order chi connectivity index (χ1) is 15.6. The van der Waals surface area contributed by atoms with Gasteiger partial charge in [0, 0.05) is 0 Å². The van der Waals surface area contributed by atoms with Gasteiger partial charge in [-0.25, -0.2) is 9.18 Å². The topological polar surface area (TPSA) is 60.2 Å². The van der Waals surface area contributed by atoms with E-state index < -0.39 is 5.97 Å². The van der Waals surface area contributed by atoms with Gasteiger partial charge in [-0.15, -0.1) is 0 Å². The number of methoxy groups -OCH3 is 1. The molecular weight excluding hydrogens is 407 g/mol. The van der Waals surface area contributed by atoms with E-state index in [0.29, 0.717) is 28.4 Å². The van der Waals surface area contributed by atoms with E-state index in [4.69, 9.17) is 9.47 Å². The summed E-state index contributed by atoms with van der Waals surface area (Å²) in [5, 5.41) is 8.26. The van der Waals surface area contributed by atoms with E-state index in [1.165, 1.54) is 12.1 Å². The number of hydrogen-bond acceptors (Lipinski definition) is 5. The molecule has 4 rings (SSSR count). The Morgan fingerprint density at radius 1 is 0.656 bits per heavy atom. The minimum Gasteiger partial charge on any atom is -0.497 e. The summed E-state index contributed by atoms with van der Waals surface area (Å²) in [5.41, 5.74) is 3.66. The molecule has 32 heavy (non-hydrogen) atoms. The second-order valence-electron chi connectivity index (χ2n) is 6.87. The van der Waals surface area contributed by atoms with Crippen LogP contribution in [0.25, 0.3) is 11.1 Å². The van der Waals surface area contributed by atoms with Crippen LogP contribution in [0.3, 0.4) is 0 Å². The van der Waals surface area contributed by atoms with Crippen molar-refractivity contribution in [2.75, 3.05) is 7.11 Å². The third kappa shape index (κ3) is 5.23. The molecule has 6 heteroatoms. The maximum absolute atomic E-state index is 12.9. The minimum atomic E-state index is -0.434. The minimum absolute atomic E-state index is 0.310. The molecule has 0 bridgehead atoms. The van der Waals surface area contributed by atoms with E-state index in [-0.39, 0.29) is 5.82 Å². The Labute approximate surface area is 184 Å². The number of esters is 1. The van der Waals surface area contributed by atoms with Gasteiger partial charge in [0.15, 0.2) is 0 Å². The molecule has 158 valence electrons. The first kappa shape index (κ1) is 20.9. The molecule has 0 atom stereocenters. The van der Waals surface area contributed by atoms with Gasteiger partial charge in [0.25, 0.3) is 0 Å². The first-order valence-corrected chi connectivity index (χ1v) is 9.85. The average Bonchev–Trinajstić information content (AvgIpc) is 2.84. The fourth-order valence-electron chi connectivity index (χ4n) is 2.95. The maximum Gasteiger partial charge on any atom is 0.343 e. The number of ether oxygens (including phenoxy) is 2. The molecule has 0 amide bonds. The Balaban J connectivity index is 1.39. The van der Waals surface area contributed by atoms with Crippen molar-refractivity contribution in [3.05, 3.63) is 108 Å². The fourth-order valence-corrected chi connectivity index (χ4v) is 2.95. The number of rotatable bonds is 6. The number of azo groups is 1. The number of hydrogen-bond donors (Lipinski definition) is 0. The highest BCUT2D eigenvalue weighted by Crippen LogP contribution is 2.26. The molecule has 0 heterocycles. The quantitative estimate of drug-likeness (QED) is 0.187. The Morgan fingerprint density at radius 3 is 1.66 bits per heavy atom. The molecule has 0 saturated heterocycles. The van der Waals surface area contributed by atoms with Gasteiger partial charge in [0.1, 0.15) is 17.3 Å². The van der Waals surface area contributed by atoms with Crippen LogP contribution in [0.2, 0.25) is 0 Å². The molecule has 0 spiro atoms. The lowest BCUT2D eigenvalue weighted by molar-refractivity contribution is 0.0734. The lowest BCUT2D eigenvalue weighted by Gasteiger charge is -2.07. The summed E-state index contributed by atoms with van der Waals surface area (Å²) in [6, 6.07) is 27.4. The van der Waals surface area contributed by atoms with Gasteiger partial charge < -0.3 is 9.47 Å². The Hall–Kier alpha value is -4.32. The van der Waals surface area contributed by atoms with Gasteiger partial charge in [-0.05, 0) is 83.9 Å². The molecule has 0 aliphatic heterocycles. The van der Waals surface area contributed by atoms with Gasteiger partial charge in [-0.3, -0.25) is 0 Å². The molecule has 4 aromatic carbocycles. The van der Waals surface area contributed by atoms with Crippen molar-refractivity contribution in [3.8, 4) is 22.6 Å². The van der Waals surface area contributed by atoms with Crippen LogP contribution in [0.15, 0.2) is 107 Å². The molecule has 4 aromatic rings. The van der Waals surface area contributed by atoms with Crippen LogP contribution in [-0.2, 0) is 0 Å². The Morgan fingerprint density at radius 2 is 1.12 bits per heavy atom. The molecule has 0 radical (unpaired) electrons. The van der Waals surface area contributed by atoms with E-state index in [1.807, 2.05) is 36.4 Å². The number of benzene rings is 4. The van der Waals surface area contributed by atoms with Gasteiger partial charge in [-0.1, -0.05) is 24.3 Å².